The summed E-state index contributed by atoms with van der Waals surface area (Å²) in [4.78, 5) is 25.2. The SMILES string of the molecule is CCCNC(=O)CNCC1CCN(C(=O)OC(C)(C)C)CC1. The van der Waals surface area contributed by atoms with Gasteiger partial charge in [0.1, 0.15) is 5.60 Å². The fourth-order valence-corrected chi connectivity index (χ4v) is 2.36. The van der Waals surface area contributed by atoms with Crippen LogP contribution in [-0.4, -0.2) is 55.2 Å². The van der Waals surface area contributed by atoms with Gasteiger partial charge in [0, 0.05) is 19.6 Å². The highest BCUT2D eigenvalue weighted by molar-refractivity contribution is 5.77. The molecular formula is C16H31N3O3. The quantitative estimate of drug-likeness (QED) is 0.784. The standard InChI is InChI=1S/C16H31N3O3/c1-5-8-18-14(20)12-17-11-13-6-9-19(10-7-13)15(21)22-16(2,3)4/h13,17H,5-12H2,1-4H3,(H,18,20). The van der Waals surface area contributed by atoms with E-state index in [1.54, 1.807) is 4.90 Å². The highest BCUT2D eigenvalue weighted by Gasteiger charge is 2.26. The maximum Gasteiger partial charge on any atom is 0.410 e. The summed E-state index contributed by atoms with van der Waals surface area (Å²) in [5.74, 6) is 0.561. The van der Waals surface area contributed by atoms with Crippen LogP contribution in [0.25, 0.3) is 0 Å². The van der Waals surface area contributed by atoms with Crippen LogP contribution in [0.2, 0.25) is 0 Å². The van der Waals surface area contributed by atoms with E-state index in [0.717, 1.165) is 45.4 Å². The van der Waals surface area contributed by atoms with Crippen molar-refractivity contribution in [3.63, 3.8) is 0 Å². The number of amides is 2. The van der Waals surface area contributed by atoms with Crippen LogP contribution in [-0.2, 0) is 9.53 Å². The van der Waals surface area contributed by atoms with Crippen LogP contribution in [0.15, 0.2) is 0 Å². The fourth-order valence-electron chi connectivity index (χ4n) is 2.36. The van der Waals surface area contributed by atoms with Gasteiger partial charge in [-0.15, -0.1) is 0 Å². The van der Waals surface area contributed by atoms with Gasteiger partial charge >= 0.3 is 6.09 Å². The van der Waals surface area contributed by atoms with E-state index >= 15 is 0 Å². The number of likely N-dealkylation sites (tertiary alicyclic amines) is 1. The molecule has 0 unspecified atom stereocenters. The topological polar surface area (TPSA) is 70.7 Å². The molecule has 1 fully saturated rings. The lowest BCUT2D eigenvalue weighted by molar-refractivity contribution is -0.120. The number of piperidine rings is 1. The smallest absolute Gasteiger partial charge is 0.410 e. The molecule has 1 aliphatic heterocycles. The molecule has 128 valence electrons. The molecule has 6 heteroatoms. The minimum Gasteiger partial charge on any atom is -0.444 e. The number of hydrogen-bond acceptors (Lipinski definition) is 4. The Morgan fingerprint density at radius 3 is 2.41 bits per heavy atom. The van der Waals surface area contributed by atoms with Crippen molar-refractivity contribution in [1.29, 1.82) is 0 Å². The molecule has 0 atom stereocenters. The molecule has 1 rings (SSSR count). The summed E-state index contributed by atoms with van der Waals surface area (Å²) in [6.45, 7) is 11.0. The first-order valence-electron chi connectivity index (χ1n) is 8.27. The van der Waals surface area contributed by atoms with Crippen LogP contribution >= 0.6 is 0 Å². The Balaban J connectivity index is 2.17. The summed E-state index contributed by atoms with van der Waals surface area (Å²) >= 11 is 0. The monoisotopic (exact) mass is 313 g/mol. The molecule has 6 nitrogen and oxygen atoms in total. The molecule has 0 aromatic carbocycles. The van der Waals surface area contributed by atoms with E-state index < -0.39 is 5.60 Å². The van der Waals surface area contributed by atoms with Crippen molar-refractivity contribution < 1.29 is 14.3 Å². The van der Waals surface area contributed by atoms with Gasteiger partial charge in [-0.25, -0.2) is 4.79 Å². The third kappa shape index (κ3) is 7.64. The van der Waals surface area contributed by atoms with Gasteiger partial charge in [0.2, 0.25) is 5.91 Å². The Morgan fingerprint density at radius 2 is 1.86 bits per heavy atom. The molecule has 0 aromatic rings. The lowest BCUT2D eigenvalue weighted by atomic mass is 9.97. The first kappa shape index (κ1) is 18.7. The number of rotatable bonds is 6. The summed E-state index contributed by atoms with van der Waals surface area (Å²) in [5, 5.41) is 6.04. The van der Waals surface area contributed by atoms with Crippen molar-refractivity contribution in [2.45, 2.75) is 52.6 Å². The van der Waals surface area contributed by atoms with E-state index in [1.807, 2.05) is 27.7 Å². The first-order chi connectivity index (χ1) is 10.3. The predicted octanol–water partition coefficient (Wildman–Crippen LogP) is 1.75. The van der Waals surface area contributed by atoms with Crippen molar-refractivity contribution >= 4 is 12.0 Å². The van der Waals surface area contributed by atoms with E-state index in [4.69, 9.17) is 4.74 Å². The Labute approximate surface area is 134 Å². The second kappa shape index (κ2) is 8.98. The molecule has 0 aliphatic carbocycles. The van der Waals surface area contributed by atoms with E-state index in [9.17, 15) is 9.59 Å². The van der Waals surface area contributed by atoms with E-state index in [0.29, 0.717) is 12.5 Å². The summed E-state index contributed by atoms with van der Waals surface area (Å²) in [5.41, 5.74) is -0.443. The lowest BCUT2D eigenvalue weighted by Crippen LogP contribution is -2.44. The van der Waals surface area contributed by atoms with E-state index in [2.05, 4.69) is 10.6 Å². The molecule has 2 N–H and O–H groups in total. The zero-order valence-electron chi connectivity index (χ0n) is 14.4. The molecule has 0 saturated carbocycles. The molecular weight excluding hydrogens is 282 g/mol. The van der Waals surface area contributed by atoms with Crippen LogP contribution in [0, 0.1) is 5.92 Å². The summed E-state index contributed by atoms with van der Waals surface area (Å²) in [7, 11) is 0. The van der Waals surface area contributed by atoms with Crippen LogP contribution in [0.5, 0.6) is 0 Å². The first-order valence-corrected chi connectivity index (χ1v) is 8.27. The van der Waals surface area contributed by atoms with Gasteiger partial charge in [0.05, 0.1) is 6.54 Å². The highest BCUT2D eigenvalue weighted by atomic mass is 16.6. The van der Waals surface area contributed by atoms with Gasteiger partial charge < -0.3 is 20.3 Å². The minimum atomic E-state index is -0.443. The predicted molar refractivity (Wildman–Crippen MR) is 86.7 cm³/mol. The molecule has 0 aromatic heterocycles. The second-order valence-corrected chi connectivity index (χ2v) is 6.89. The van der Waals surface area contributed by atoms with Gasteiger partial charge in [-0.3, -0.25) is 4.79 Å². The van der Waals surface area contributed by atoms with Crippen molar-refractivity contribution in [3.8, 4) is 0 Å². The van der Waals surface area contributed by atoms with Gasteiger partial charge in [-0.1, -0.05) is 6.92 Å². The van der Waals surface area contributed by atoms with E-state index in [-0.39, 0.29) is 12.0 Å². The molecule has 0 bridgehead atoms. The zero-order valence-corrected chi connectivity index (χ0v) is 14.4. The second-order valence-electron chi connectivity index (χ2n) is 6.89. The normalized spacial score (nSPS) is 16.5. The maximum absolute atomic E-state index is 12.0. The van der Waals surface area contributed by atoms with Crippen molar-refractivity contribution in [3.05, 3.63) is 0 Å². The van der Waals surface area contributed by atoms with Crippen molar-refractivity contribution in [1.82, 2.24) is 15.5 Å². The van der Waals surface area contributed by atoms with Gasteiger partial charge in [-0.05, 0) is 52.5 Å². The minimum absolute atomic E-state index is 0.0491. The number of carbonyl (C=O) groups excluding carboxylic acids is 2. The number of nitrogens with zero attached hydrogens (tertiary/aromatic N) is 1. The Kier molecular flexibility index (Phi) is 7.65. The van der Waals surface area contributed by atoms with Gasteiger partial charge in [0.15, 0.2) is 0 Å². The van der Waals surface area contributed by atoms with Crippen LogP contribution in [0.3, 0.4) is 0 Å². The summed E-state index contributed by atoms with van der Waals surface area (Å²) in [6.07, 6.45) is 2.62. The van der Waals surface area contributed by atoms with Crippen LogP contribution < -0.4 is 10.6 Å². The molecule has 0 spiro atoms. The average Bonchev–Trinajstić information content (AvgIpc) is 2.44. The van der Waals surface area contributed by atoms with Gasteiger partial charge in [0.25, 0.3) is 0 Å². The Hall–Kier alpha value is -1.30. The Bertz CT molecular complexity index is 358. The molecule has 1 aliphatic rings. The van der Waals surface area contributed by atoms with Crippen LogP contribution in [0.4, 0.5) is 4.79 Å². The average molecular weight is 313 g/mol. The van der Waals surface area contributed by atoms with Crippen molar-refractivity contribution in [2.24, 2.45) is 5.92 Å². The number of nitrogens with one attached hydrogen (secondary N) is 2. The third-order valence-corrected chi connectivity index (χ3v) is 3.56. The largest absolute Gasteiger partial charge is 0.444 e. The van der Waals surface area contributed by atoms with Gasteiger partial charge in [-0.2, -0.15) is 0 Å². The van der Waals surface area contributed by atoms with E-state index in [1.165, 1.54) is 0 Å². The lowest BCUT2D eigenvalue weighted by Gasteiger charge is -2.33. The summed E-state index contributed by atoms with van der Waals surface area (Å²) < 4.78 is 5.38. The maximum atomic E-state index is 12.0. The number of carbonyl (C=O) groups is 2. The molecule has 0 radical (unpaired) electrons. The molecule has 2 amide bonds. The van der Waals surface area contributed by atoms with Crippen LogP contribution in [0.1, 0.15) is 47.0 Å². The summed E-state index contributed by atoms with van der Waals surface area (Å²) in [6, 6.07) is 0. The fraction of sp³-hybridized carbons (Fsp3) is 0.875. The highest BCUT2D eigenvalue weighted by Crippen LogP contribution is 2.19. The number of hydrogen-bond donors (Lipinski definition) is 2. The molecule has 1 heterocycles. The molecule has 22 heavy (non-hydrogen) atoms. The zero-order chi connectivity index (χ0) is 16.6. The Morgan fingerprint density at radius 1 is 1.23 bits per heavy atom. The molecule has 1 saturated heterocycles. The third-order valence-electron chi connectivity index (χ3n) is 3.56. The number of ether oxygens (including phenoxy) is 1. The van der Waals surface area contributed by atoms with Crippen molar-refractivity contribution in [2.75, 3.05) is 32.7 Å².